The lowest BCUT2D eigenvalue weighted by atomic mass is 9.46. The summed E-state index contributed by atoms with van der Waals surface area (Å²) in [6.07, 6.45) is 16.1. The van der Waals surface area contributed by atoms with Crippen LogP contribution in [0.2, 0.25) is 0 Å². The molecule has 0 radical (unpaired) electrons. The predicted octanol–water partition coefficient (Wildman–Crippen LogP) is 5.98. The summed E-state index contributed by atoms with van der Waals surface area (Å²) in [5.74, 6) is 4.19. The molecule has 4 rings (SSSR count). The molecule has 112 valence electrons. The van der Waals surface area contributed by atoms with Crippen LogP contribution >= 0.6 is 0 Å². The largest absolute Gasteiger partial charge is 0.0850 e. The maximum Gasteiger partial charge on any atom is -0.0229 e. The average molecular weight is 272 g/mol. The molecule has 3 saturated carbocycles. The third-order valence-corrected chi connectivity index (χ3v) is 8.31. The lowest BCUT2D eigenvalue weighted by molar-refractivity contribution is -0.0880. The Balaban J connectivity index is 1.66. The van der Waals surface area contributed by atoms with Crippen molar-refractivity contribution in [2.24, 2.45) is 34.5 Å². The van der Waals surface area contributed by atoms with Crippen LogP contribution in [0.25, 0.3) is 0 Å². The molecule has 0 nitrogen and oxygen atoms in total. The molecule has 0 spiro atoms. The first kappa shape index (κ1) is 13.4. The van der Waals surface area contributed by atoms with Crippen molar-refractivity contribution in [2.75, 3.05) is 0 Å². The van der Waals surface area contributed by atoms with Crippen molar-refractivity contribution < 1.29 is 0 Å². The Morgan fingerprint density at radius 3 is 2.70 bits per heavy atom. The molecule has 6 atom stereocenters. The molecule has 4 aliphatic carbocycles. The standard InChI is InChI=1S/C20H32/c1-14-8-12-20(3)15(13-14)6-7-16-17-5-4-10-19(17,2)11-9-18(16)20/h8,15-18H,4-7,9-13H2,1-3H3/t15-,16-,17-,18-,19-,20-/m0/s1. The first-order chi connectivity index (χ1) is 9.53. The van der Waals surface area contributed by atoms with Crippen molar-refractivity contribution in [3.8, 4) is 0 Å². The molecular formula is C20H32. The summed E-state index contributed by atoms with van der Waals surface area (Å²) in [4.78, 5) is 0. The third kappa shape index (κ3) is 1.72. The topological polar surface area (TPSA) is 0 Å². The van der Waals surface area contributed by atoms with Crippen molar-refractivity contribution in [2.45, 2.75) is 78.6 Å². The Hall–Kier alpha value is -0.260. The zero-order valence-electron chi connectivity index (χ0n) is 13.8. The number of rotatable bonds is 0. The van der Waals surface area contributed by atoms with Crippen LogP contribution in [0.1, 0.15) is 78.6 Å². The van der Waals surface area contributed by atoms with Gasteiger partial charge in [0.05, 0.1) is 0 Å². The summed E-state index contributed by atoms with van der Waals surface area (Å²) in [6, 6.07) is 0. The Morgan fingerprint density at radius 1 is 1.00 bits per heavy atom. The predicted molar refractivity (Wildman–Crippen MR) is 85.5 cm³/mol. The van der Waals surface area contributed by atoms with Gasteiger partial charge in [-0.15, -0.1) is 0 Å². The number of fused-ring (bicyclic) bond motifs is 5. The molecule has 0 heterocycles. The number of allylic oxidation sites excluding steroid dienone is 2. The fraction of sp³-hybridized carbons (Fsp3) is 0.900. The van der Waals surface area contributed by atoms with Gasteiger partial charge in [-0.25, -0.2) is 0 Å². The molecule has 20 heavy (non-hydrogen) atoms. The smallest absolute Gasteiger partial charge is 0.0229 e. The summed E-state index contributed by atoms with van der Waals surface area (Å²) in [7, 11) is 0. The molecule has 4 aliphatic rings. The highest BCUT2D eigenvalue weighted by atomic mass is 14.6. The molecule has 0 aromatic carbocycles. The van der Waals surface area contributed by atoms with Gasteiger partial charge in [0, 0.05) is 0 Å². The van der Waals surface area contributed by atoms with Gasteiger partial charge in [0.1, 0.15) is 0 Å². The van der Waals surface area contributed by atoms with Gasteiger partial charge >= 0.3 is 0 Å². The first-order valence-electron chi connectivity index (χ1n) is 9.19. The van der Waals surface area contributed by atoms with Crippen molar-refractivity contribution in [1.29, 1.82) is 0 Å². The van der Waals surface area contributed by atoms with Gasteiger partial charge in [0.15, 0.2) is 0 Å². The Bertz CT molecular complexity index is 433. The summed E-state index contributed by atoms with van der Waals surface area (Å²) in [5, 5.41) is 0. The SMILES string of the molecule is CC1=CC[C@@]2(C)[C@@H](CC[C@H]3[C@@H]4CCC[C@@]4(C)CC[C@@H]32)C1. The number of hydrogen-bond acceptors (Lipinski definition) is 0. The summed E-state index contributed by atoms with van der Waals surface area (Å²) < 4.78 is 0. The van der Waals surface area contributed by atoms with Gasteiger partial charge in [0.25, 0.3) is 0 Å². The van der Waals surface area contributed by atoms with E-state index in [0.29, 0.717) is 5.41 Å². The maximum atomic E-state index is 2.66. The van der Waals surface area contributed by atoms with Crippen LogP contribution in [-0.2, 0) is 0 Å². The average Bonchev–Trinajstić information content (AvgIpc) is 2.81. The molecule has 0 saturated heterocycles. The highest BCUT2D eigenvalue weighted by Gasteiger charge is 2.56. The van der Waals surface area contributed by atoms with E-state index in [0.717, 1.165) is 29.1 Å². The fourth-order valence-corrected chi connectivity index (χ4v) is 7.05. The van der Waals surface area contributed by atoms with Gasteiger partial charge in [0.2, 0.25) is 0 Å². The van der Waals surface area contributed by atoms with Gasteiger partial charge < -0.3 is 0 Å². The van der Waals surface area contributed by atoms with Crippen LogP contribution in [-0.4, -0.2) is 0 Å². The third-order valence-electron chi connectivity index (χ3n) is 8.31. The van der Waals surface area contributed by atoms with E-state index < -0.39 is 0 Å². The van der Waals surface area contributed by atoms with Crippen molar-refractivity contribution >= 4 is 0 Å². The summed E-state index contributed by atoms with van der Waals surface area (Å²) in [6.45, 7) is 7.65. The van der Waals surface area contributed by atoms with Gasteiger partial charge in [-0.2, -0.15) is 0 Å². The monoisotopic (exact) mass is 272 g/mol. The fourth-order valence-electron chi connectivity index (χ4n) is 7.05. The van der Waals surface area contributed by atoms with Crippen LogP contribution in [0.15, 0.2) is 11.6 Å². The van der Waals surface area contributed by atoms with Crippen LogP contribution in [0, 0.1) is 34.5 Å². The molecule has 0 N–H and O–H groups in total. The normalized spacial score (nSPS) is 54.6. The van der Waals surface area contributed by atoms with Crippen LogP contribution in [0.5, 0.6) is 0 Å². The Kier molecular flexibility index (Phi) is 2.93. The zero-order chi connectivity index (χ0) is 14.0. The minimum atomic E-state index is 0.645. The van der Waals surface area contributed by atoms with E-state index in [2.05, 4.69) is 26.8 Å². The van der Waals surface area contributed by atoms with Crippen LogP contribution in [0.4, 0.5) is 0 Å². The highest BCUT2D eigenvalue weighted by molar-refractivity contribution is 5.15. The lowest BCUT2D eigenvalue weighted by Crippen LogP contribution is -2.51. The summed E-state index contributed by atoms with van der Waals surface area (Å²) >= 11 is 0. The quantitative estimate of drug-likeness (QED) is 0.476. The molecule has 0 aromatic heterocycles. The van der Waals surface area contributed by atoms with Crippen LogP contribution < -0.4 is 0 Å². The molecule has 0 heteroatoms. The second-order valence-electron chi connectivity index (χ2n) is 9.20. The van der Waals surface area contributed by atoms with Crippen molar-refractivity contribution in [3.63, 3.8) is 0 Å². The van der Waals surface area contributed by atoms with E-state index in [4.69, 9.17) is 0 Å². The second kappa shape index (κ2) is 4.37. The molecule has 3 fully saturated rings. The van der Waals surface area contributed by atoms with E-state index in [9.17, 15) is 0 Å². The van der Waals surface area contributed by atoms with E-state index in [1.807, 2.05) is 0 Å². The van der Waals surface area contributed by atoms with E-state index in [1.54, 1.807) is 18.4 Å². The molecular weight excluding hydrogens is 240 g/mol. The Labute approximate surface area is 125 Å². The maximum absolute atomic E-state index is 2.66. The van der Waals surface area contributed by atoms with E-state index in [1.165, 1.54) is 44.9 Å². The van der Waals surface area contributed by atoms with Crippen LogP contribution in [0.3, 0.4) is 0 Å². The van der Waals surface area contributed by atoms with E-state index >= 15 is 0 Å². The number of hydrogen-bond donors (Lipinski definition) is 0. The molecule has 0 bridgehead atoms. The van der Waals surface area contributed by atoms with Gasteiger partial charge in [-0.1, -0.05) is 31.9 Å². The molecule has 0 amide bonds. The second-order valence-corrected chi connectivity index (χ2v) is 9.20. The molecule has 0 aromatic rings. The zero-order valence-corrected chi connectivity index (χ0v) is 13.8. The Morgan fingerprint density at radius 2 is 1.85 bits per heavy atom. The molecule has 0 aliphatic heterocycles. The minimum Gasteiger partial charge on any atom is -0.0850 e. The highest BCUT2D eigenvalue weighted by Crippen LogP contribution is 2.65. The first-order valence-corrected chi connectivity index (χ1v) is 9.19. The van der Waals surface area contributed by atoms with E-state index in [-0.39, 0.29) is 0 Å². The molecule has 0 unspecified atom stereocenters. The lowest BCUT2D eigenvalue weighted by Gasteiger charge is -2.59. The van der Waals surface area contributed by atoms with Gasteiger partial charge in [-0.3, -0.25) is 0 Å². The van der Waals surface area contributed by atoms with Crippen molar-refractivity contribution in [1.82, 2.24) is 0 Å². The summed E-state index contributed by atoms with van der Waals surface area (Å²) in [5.41, 5.74) is 3.05. The van der Waals surface area contributed by atoms with Crippen molar-refractivity contribution in [3.05, 3.63) is 11.6 Å². The van der Waals surface area contributed by atoms with Gasteiger partial charge in [-0.05, 0) is 92.8 Å². The minimum absolute atomic E-state index is 0.645.